The van der Waals surface area contributed by atoms with E-state index in [4.69, 9.17) is 16.0 Å². The maximum atomic E-state index is 5.73. The van der Waals surface area contributed by atoms with E-state index >= 15 is 0 Å². The van der Waals surface area contributed by atoms with Crippen LogP contribution in [0.1, 0.15) is 6.92 Å². The Hall–Kier alpha value is 0.0469. The Morgan fingerprint density at radius 3 is 2.00 bits per heavy atom. The van der Waals surface area contributed by atoms with E-state index in [-0.39, 0.29) is 5.38 Å². The molecule has 1 atom stereocenters. The van der Waals surface area contributed by atoms with Gasteiger partial charge in [0.25, 0.3) is 0 Å². The van der Waals surface area contributed by atoms with Crippen molar-refractivity contribution >= 4 is 19.9 Å². The van der Waals surface area contributed by atoms with Gasteiger partial charge in [0.05, 0.1) is 11.1 Å². The van der Waals surface area contributed by atoms with Crippen molar-refractivity contribution in [1.82, 2.24) is 0 Å². The van der Waals surface area contributed by atoms with E-state index in [2.05, 4.69) is 26.2 Å². The van der Waals surface area contributed by atoms with Crippen LogP contribution in [-0.2, 0) is 4.43 Å². The summed E-state index contributed by atoms with van der Waals surface area (Å²) in [6.07, 6.45) is 0. The zero-order valence-electron chi connectivity index (χ0n) is 7.07. The highest BCUT2D eigenvalue weighted by atomic mass is 35.5. The summed E-state index contributed by atoms with van der Waals surface area (Å²) in [6.45, 7) is 11.9. The second-order valence-electron chi connectivity index (χ2n) is 3.30. The molecule has 1 unspecified atom stereocenters. The highest BCUT2D eigenvalue weighted by molar-refractivity contribution is 6.70. The molecule has 0 aromatic heterocycles. The molecule has 0 aliphatic carbocycles. The van der Waals surface area contributed by atoms with Crippen molar-refractivity contribution in [3.63, 3.8) is 0 Å². The third-order valence-corrected chi connectivity index (χ3v) is 2.00. The first-order valence-corrected chi connectivity index (χ1v) is 7.19. The highest BCUT2D eigenvalue weighted by Gasteiger charge is 2.18. The number of allylic oxidation sites excluding steroid dienone is 1. The number of alkyl halides is 1. The van der Waals surface area contributed by atoms with Crippen LogP contribution in [0, 0.1) is 0 Å². The van der Waals surface area contributed by atoms with E-state index in [0.29, 0.717) is 5.76 Å². The Kier molecular flexibility index (Phi) is 3.46. The summed E-state index contributed by atoms with van der Waals surface area (Å²) in [5.74, 6) is 0.695. The summed E-state index contributed by atoms with van der Waals surface area (Å²) in [5.41, 5.74) is 0. The van der Waals surface area contributed by atoms with E-state index in [0.717, 1.165) is 0 Å². The maximum Gasteiger partial charge on any atom is 0.241 e. The van der Waals surface area contributed by atoms with Crippen molar-refractivity contribution in [2.45, 2.75) is 31.9 Å². The van der Waals surface area contributed by atoms with Gasteiger partial charge < -0.3 is 4.43 Å². The van der Waals surface area contributed by atoms with Gasteiger partial charge in [0.1, 0.15) is 0 Å². The zero-order valence-corrected chi connectivity index (χ0v) is 8.83. The Morgan fingerprint density at radius 1 is 1.50 bits per heavy atom. The van der Waals surface area contributed by atoms with Crippen LogP contribution in [0.15, 0.2) is 12.3 Å². The fourth-order valence-corrected chi connectivity index (χ4v) is 1.56. The lowest BCUT2D eigenvalue weighted by Crippen LogP contribution is -2.26. The second-order valence-corrected chi connectivity index (χ2v) is 8.38. The molecular formula is C7H15ClOSi. The quantitative estimate of drug-likeness (QED) is 0.367. The van der Waals surface area contributed by atoms with Crippen LogP contribution in [0.4, 0.5) is 0 Å². The molecule has 0 heterocycles. The molecule has 0 radical (unpaired) electrons. The SMILES string of the molecule is C=C(O[Si](C)(C)C)C(C)Cl. The first-order valence-electron chi connectivity index (χ1n) is 3.35. The van der Waals surface area contributed by atoms with E-state index in [1.54, 1.807) is 0 Å². The molecular weight excluding hydrogens is 164 g/mol. The van der Waals surface area contributed by atoms with Gasteiger partial charge in [0, 0.05) is 0 Å². The van der Waals surface area contributed by atoms with Gasteiger partial charge in [0.15, 0.2) is 0 Å². The topological polar surface area (TPSA) is 9.23 Å². The molecule has 0 aliphatic rings. The van der Waals surface area contributed by atoms with E-state index in [9.17, 15) is 0 Å². The van der Waals surface area contributed by atoms with Crippen LogP contribution in [0.25, 0.3) is 0 Å². The first-order chi connectivity index (χ1) is 4.33. The van der Waals surface area contributed by atoms with Gasteiger partial charge in [-0.2, -0.15) is 0 Å². The normalized spacial score (nSPS) is 14.5. The third-order valence-electron chi connectivity index (χ3n) is 0.881. The summed E-state index contributed by atoms with van der Waals surface area (Å²) >= 11 is 5.73. The van der Waals surface area contributed by atoms with Crippen LogP contribution >= 0.6 is 11.6 Å². The molecule has 10 heavy (non-hydrogen) atoms. The summed E-state index contributed by atoms with van der Waals surface area (Å²) in [7, 11) is -1.47. The second kappa shape index (κ2) is 3.44. The lowest BCUT2D eigenvalue weighted by molar-refractivity contribution is 0.410. The van der Waals surface area contributed by atoms with Crippen LogP contribution in [0.3, 0.4) is 0 Å². The maximum absolute atomic E-state index is 5.73. The molecule has 0 aliphatic heterocycles. The molecule has 0 spiro atoms. The average molecular weight is 179 g/mol. The van der Waals surface area contributed by atoms with Crippen LogP contribution in [0.2, 0.25) is 19.6 Å². The minimum atomic E-state index is -1.47. The Morgan fingerprint density at radius 2 is 1.90 bits per heavy atom. The number of hydrogen-bond acceptors (Lipinski definition) is 1. The van der Waals surface area contributed by atoms with E-state index < -0.39 is 8.32 Å². The molecule has 0 bridgehead atoms. The van der Waals surface area contributed by atoms with Crippen molar-refractivity contribution in [2.24, 2.45) is 0 Å². The van der Waals surface area contributed by atoms with Gasteiger partial charge in [-0.3, -0.25) is 0 Å². The molecule has 0 N–H and O–H groups in total. The summed E-state index contributed by atoms with van der Waals surface area (Å²) in [5, 5.41) is -0.0771. The van der Waals surface area contributed by atoms with Gasteiger partial charge in [-0.05, 0) is 26.6 Å². The van der Waals surface area contributed by atoms with Crippen LogP contribution < -0.4 is 0 Å². The van der Waals surface area contributed by atoms with Crippen molar-refractivity contribution < 1.29 is 4.43 Å². The van der Waals surface area contributed by atoms with Gasteiger partial charge >= 0.3 is 0 Å². The summed E-state index contributed by atoms with van der Waals surface area (Å²) in [4.78, 5) is 0. The molecule has 0 saturated heterocycles. The summed E-state index contributed by atoms with van der Waals surface area (Å²) < 4.78 is 5.51. The van der Waals surface area contributed by atoms with Crippen molar-refractivity contribution in [1.29, 1.82) is 0 Å². The highest BCUT2D eigenvalue weighted by Crippen LogP contribution is 2.14. The lowest BCUT2D eigenvalue weighted by atomic mass is 10.4. The standard InChI is InChI=1S/C7H15ClOSi/c1-6(8)7(2)9-10(3,4)5/h6H,2H2,1,3-5H3. The zero-order chi connectivity index (χ0) is 8.36. The fourth-order valence-electron chi connectivity index (χ4n) is 0.474. The monoisotopic (exact) mass is 178 g/mol. The van der Waals surface area contributed by atoms with Crippen molar-refractivity contribution in [3.8, 4) is 0 Å². The summed E-state index contributed by atoms with van der Waals surface area (Å²) in [6, 6.07) is 0. The van der Waals surface area contributed by atoms with Gasteiger partial charge in [-0.25, -0.2) is 0 Å². The molecule has 0 fully saturated rings. The van der Waals surface area contributed by atoms with Crippen LogP contribution in [-0.4, -0.2) is 13.7 Å². The Bertz CT molecular complexity index is 126. The molecule has 0 rings (SSSR count). The first kappa shape index (κ1) is 10.0. The predicted molar refractivity (Wildman–Crippen MR) is 48.9 cm³/mol. The van der Waals surface area contributed by atoms with E-state index in [1.807, 2.05) is 6.92 Å². The van der Waals surface area contributed by atoms with Gasteiger partial charge in [-0.15, -0.1) is 11.6 Å². The van der Waals surface area contributed by atoms with Crippen LogP contribution in [0.5, 0.6) is 0 Å². The minimum absolute atomic E-state index is 0.0771. The van der Waals surface area contributed by atoms with Gasteiger partial charge in [-0.1, -0.05) is 6.58 Å². The average Bonchev–Trinajstić information content (AvgIpc) is 1.60. The lowest BCUT2D eigenvalue weighted by Gasteiger charge is -2.21. The number of rotatable bonds is 3. The molecule has 0 aromatic rings. The molecule has 0 aromatic carbocycles. The smallest absolute Gasteiger partial charge is 0.241 e. The minimum Gasteiger partial charge on any atom is -0.547 e. The largest absolute Gasteiger partial charge is 0.547 e. The molecule has 60 valence electrons. The van der Waals surface area contributed by atoms with Gasteiger partial charge in [0.2, 0.25) is 8.32 Å². The van der Waals surface area contributed by atoms with Crippen molar-refractivity contribution in [3.05, 3.63) is 12.3 Å². The Balaban J connectivity index is 3.81. The number of halogens is 1. The van der Waals surface area contributed by atoms with Crippen molar-refractivity contribution in [2.75, 3.05) is 0 Å². The third kappa shape index (κ3) is 4.88. The number of hydrogen-bond donors (Lipinski definition) is 0. The molecule has 0 saturated carbocycles. The molecule has 3 heteroatoms. The Labute approximate surface area is 69.2 Å². The predicted octanol–water partition coefficient (Wildman–Crippen LogP) is 2.98. The molecule has 1 nitrogen and oxygen atoms in total. The fraction of sp³-hybridized carbons (Fsp3) is 0.714. The molecule has 0 amide bonds. The van der Waals surface area contributed by atoms with E-state index in [1.165, 1.54) is 0 Å².